The van der Waals surface area contributed by atoms with Crippen molar-refractivity contribution in [2.75, 3.05) is 0 Å². The van der Waals surface area contributed by atoms with E-state index < -0.39 is 5.97 Å². The van der Waals surface area contributed by atoms with Gasteiger partial charge in [0.1, 0.15) is 36.0 Å². The molecule has 0 saturated heterocycles. The lowest BCUT2D eigenvalue weighted by Crippen LogP contribution is -2.01. The second-order valence-corrected chi connectivity index (χ2v) is 7.11. The standard InChI is InChI=1S/C26H21NO5/c28-25-10-9-23(15-24(25)26(29)30)32-17-21-13-20(11-12-27-21)19-7-4-8-22(14-19)31-16-18-5-2-1-3-6-18/h1-15,28H,16-17H2,(H,29,30). The molecule has 0 fully saturated rings. The highest BCUT2D eigenvalue weighted by Crippen LogP contribution is 2.26. The third-order valence-corrected chi connectivity index (χ3v) is 4.82. The van der Waals surface area contributed by atoms with E-state index in [0.717, 1.165) is 22.4 Å². The van der Waals surface area contributed by atoms with E-state index in [2.05, 4.69) is 4.98 Å². The monoisotopic (exact) mass is 427 g/mol. The average molecular weight is 427 g/mol. The highest BCUT2D eigenvalue weighted by molar-refractivity contribution is 5.91. The summed E-state index contributed by atoms with van der Waals surface area (Å²) in [5.41, 5.74) is 3.51. The molecule has 0 spiro atoms. The van der Waals surface area contributed by atoms with Crippen LogP contribution in [0.25, 0.3) is 11.1 Å². The maximum absolute atomic E-state index is 11.2. The Labute approximate surface area is 185 Å². The number of aromatic hydroxyl groups is 1. The first-order chi connectivity index (χ1) is 15.6. The lowest BCUT2D eigenvalue weighted by molar-refractivity contribution is 0.0693. The summed E-state index contributed by atoms with van der Waals surface area (Å²) < 4.78 is 11.6. The van der Waals surface area contributed by atoms with E-state index in [1.807, 2.05) is 66.7 Å². The smallest absolute Gasteiger partial charge is 0.339 e. The first-order valence-electron chi connectivity index (χ1n) is 10.00. The zero-order valence-electron chi connectivity index (χ0n) is 17.1. The molecule has 4 rings (SSSR count). The molecule has 0 aliphatic rings. The zero-order chi connectivity index (χ0) is 22.3. The summed E-state index contributed by atoms with van der Waals surface area (Å²) in [6.07, 6.45) is 1.70. The van der Waals surface area contributed by atoms with Gasteiger partial charge in [-0.25, -0.2) is 4.79 Å². The Morgan fingerprint density at radius 1 is 0.781 bits per heavy atom. The molecule has 0 saturated carbocycles. The number of benzene rings is 3. The maximum Gasteiger partial charge on any atom is 0.339 e. The number of aromatic nitrogens is 1. The van der Waals surface area contributed by atoms with Gasteiger partial charge >= 0.3 is 5.97 Å². The molecule has 1 heterocycles. The second-order valence-electron chi connectivity index (χ2n) is 7.11. The quantitative estimate of drug-likeness (QED) is 0.396. The van der Waals surface area contributed by atoms with E-state index in [0.29, 0.717) is 18.1 Å². The van der Waals surface area contributed by atoms with Crippen molar-refractivity contribution in [3.8, 4) is 28.4 Å². The van der Waals surface area contributed by atoms with Crippen LogP contribution in [0.5, 0.6) is 17.2 Å². The van der Waals surface area contributed by atoms with Gasteiger partial charge < -0.3 is 19.7 Å². The van der Waals surface area contributed by atoms with Crippen LogP contribution in [0, 0.1) is 0 Å². The lowest BCUT2D eigenvalue weighted by atomic mass is 10.1. The van der Waals surface area contributed by atoms with Gasteiger partial charge in [0.25, 0.3) is 0 Å². The molecule has 1 aromatic heterocycles. The van der Waals surface area contributed by atoms with E-state index in [1.165, 1.54) is 18.2 Å². The Morgan fingerprint density at radius 3 is 2.34 bits per heavy atom. The number of hydrogen-bond acceptors (Lipinski definition) is 5. The van der Waals surface area contributed by atoms with Crippen molar-refractivity contribution in [3.05, 3.63) is 108 Å². The first kappa shape index (κ1) is 20.9. The van der Waals surface area contributed by atoms with Gasteiger partial charge in [0.15, 0.2) is 0 Å². The molecule has 0 unspecified atom stereocenters. The minimum Gasteiger partial charge on any atom is -0.507 e. The van der Waals surface area contributed by atoms with Crippen molar-refractivity contribution < 1.29 is 24.5 Å². The van der Waals surface area contributed by atoms with Crippen molar-refractivity contribution in [1.29, 1.82) is 0 Å². The number of pyridine rings is 1. The molecule has 0 aliphatic carbocycles. The Bertz CT molecular complexity index is 1220. The number of rotatable bonds is 8. The fraction of sp³-hybridized carbons (Fsp3) is 0.0769. The molecule has 0 atom stereocenters. The van der Waals surface area contributed by atoms with Crippen molar-refractivity contribution in [1.82, 2.24) is 4.98 Å². The van der Waals surface area contributed by atoms with Crippen molar-refractivity contribution in [3.63, 3.8) is 0 Å². The number of aromatic carboxylic acids is 1. The molecule has 32 heavy (non-hydrogen) atoms. The summed E-state index contributed by atoms with van der Waals surface area (Å²) >= 11 is 0. The lowest BCUT2D eigenvalue weighted by Gasteiger charge is -2.10. The summed E-state index contributed by atoms with van der Waals surface area (Å²) in [4.78, 5) is 15.5. The number of hydrogen-bond donors (Lipinski definition) is 2. The molecule has 0 amide bonds. The van der Waals surface area contributed by atoms with Crippen LogP contribution in [-0.4, -0.2) is 21.2 Å². The Kier molecular flexibility index (Phi) is 6.32. The summed E-state index contributed by atoms with van der Waals surface area (Å²) in [5.74, 6) is -0.420. The fourth-order valence-corrected chi connectivity index (χ4v) is 3.18. The highest BCUT2D eigenvalue weighted by atomic mass is 16.5. The van der Waals surface area contributed by atoms with Gasteiger partial charge in [-0.3, -0.25) is 4.98 Å². The van der Waals surface area contributed by atoms with E-state index in [4.69, 9.17) is 14.6 Å². The highest BCUT2D eigenvalue weighted by Gasteiger charge is 2.11. The first-order valence-corrected chi connectivity index (χ1v) is 10.00. The van der Waals surface area contributed by atoms with Crippen molar-refractivity contribution in [2.24, 2.45) is 0 Å². The van der Waals surface area contributed by atoms with Crippen LogP contribution in [0.15, 0.2) is 91.1 Å². The molecule has 4 aromatic rings. The predicted molar refractivity (Wildman–Crippen MR) is 120 cm³/mol. The number of carboxylic acid groups (broad SMARTS) is 1. The molecule has 160 valence electrons. The normalized spacial score (nSPS) is 10.5. The van der Waals surface area contributed by atoms with Gasteiger partial charge in [0.2, 0.25) is 0 Å². The largest absolute Gasteiger partial charge is 0.507 e. The minimum atomic E-state index is -1.22. The van der Waals surface area contributed by atoms with Crippen LogP contribution in [0.2, 0.25) is 0 Å². The Balaban J connectivity index is 1.45. The van der Waals surface area contributed by atoms with Crippen LogP contribution >= 0.6 is 0 Å². The molecule has 0 aliphatic heterocycles. The molecule has 6 heteroatoms. The van der Waals surface area contributed by atoms with Gasteiger partial charge in [-0.15, -0.1) is 0 Å². The number of phenols is 1. The van der Waals surface area contributed by atoms with Gasteiger partial charge in [-0.05, 0) is 59.2 Å². The Morgan fingerprint density at radius 2 is 1.53 bits per heavy atom. The second kappa shape index (κ2) is 9.66. The summed E-state index contributed by atoms with van der Waals surface area (Å²) in [7, 11) is 0. The van der Waals surface area contributed by atoms with Gasteiger partial charge in [-0.2, -0.15) is 0 Å². The van der Waals surface area contributed by atoms with Crippen LogP contribution in [0.1, 0.15) is 21.6 Å². The van der Waals surface area contributed by atoms with E-state index in [1.54, 1.807) is 6.20 Å². The van der Waals surface area contributed by atoms with E-state index in [-0.39, 0.29) is 17.9 Å². The van der Waals surface area contributed by atoms with Gasteiger partial charge in [0.05, 0.1) is 5.69 Å². The average Bonchev–Trinajstić information content (AvgIpc) is 2.83. The van der Waals surface area contributed by atoms with E-state index in [9.17, 15) is 9.90 Å². The van der Waals surface area contributed by atoms with Gasteiger partial charge in [-0.1, -0.05) is 42.5 Å². The summed E-state index contributed by atoms with van der Waals surface area (Å²) in [6, 6.07) is 25.7. The van der Waals surface area contributed by atoms with Crippen LogP contribution < -0.4 is 9.47 Å². The van der Waals surface area contributed by atoms with Crippen molar-refractivity contribution >= 4 is 5.97 Å². The molecule has 6 nitrogen and oxygen atoms in total. The van der Waals surface area contributed by atoms with Crippen molar-refractivity contribution in [2.45, 2.75) is 13.2 Å². The zero-order valence-corrected chi connectivity index (χ0v) is 17.1. The molecule has 3 aromatic carbocycles. The third-order valence-electron chi connectivity index (χ3n) is 4.82. The number of ether oxygens (including phenoxy) is 2. The molecular formula is C26H21NO5. The van der Waals surface area contributed by atoms with E-state index >= 15 is 0 Å². The Hall–Kier alpha value is -4.32. The molecule has 2 N–H and O–H groups in total. The third kappa shape index (κ3) is 5.23. The topological polar surface area (TPSA) is 88.9 Å². The van der Waals surface area contributed by atoms with Gasteiger partial charge in [0, 0.05) is 6.20 Å². The number of nitrogens with zero attached hydrogens (tertiary/aromatic N) is 1. The SMILES string of the molecule is O=C(O)c1cc(OCc2cc(-c3cccc(OCc4ccccc4)c3)ccn2)ccc1O. The van der Waals surface area contributed by atoms with Crippen LogP contribution in [0.3, 0.4) is 0 Å². The fourth-order valence-electron chi connectivity index (χ4n) is 3.18. The minimum absolute atomic E-state index is 0.155. The molecule has 0 radical (unpaired) electrons. The molecule has 0 bridgehead atoms. The predicted octanol–water partition coefficient (Wildman–Crippen LogP) is 5.31. The maximum atomic E-state index is 11.2. The number of carbonyl (C=O) groups is 1. The van der Waals surface area contributed by atoms with Crippen LogP contribution in [0.4, 0.5) is 0 Å². The molecular weight excluding hydrogens is 406 g/mol. The summed E-state index contributed by atoms with van der Waals surface area (Å²) in [6.45, 7) is 0.645. The van der Waals surface area contributed by atoms with Crippen LogP contribution in [-0.2, 0) is 13.2 Å². The summed E-state index contributed by atoms with van der Waals surface area (Å²) in [5, 5.41) is 18.7. The number of carboxylic acids is 1.